The predicted octanol–water partition coefficient (Wildman–Crippen LogP) is 2.39. The molecule has 0 saturated carbocycles. The Morgan fingerprint density at radius 2 is 1.56 bits per heavy atom. The summed E-state index contributed by atoms with van der Waals surface area (Å²) < 4.78 is 0. The summed E-state index contributed by atoms with van der Waals surface area (Å²) in [7, 11) is 0. The molecular weight excluding hydrogens is 269 g/mol. The monoisotopic (exact) mass is 285 g/mol. The lowest BCUT2D eigenvalue weighted by Crippen LogP contribution is -2.59. The zero-order valence-electron chi connectivity index (χ0n) is 10.0. The molecule has 0 aromatic heterocycles. The number of halogens is 2. The minimum absolute atomic E-state index is 0.00322. The highest BCUT2D eigenvalue weighted by Gasteiger charge is 2.25. The number of hydrogen-bond donors (Lipinski definition) is 3. The number of hydrogen-bond acceptors (Lipinski definition) is 3. The van der Waals surface area contributed by atoms with E-state index in [4.69, 9.17) is 23.2 Å². The summed E-state index contributed by atoms with van der Waals surface area (Å²) in [6.07, 6.45) is 4.99. The third-order valence-corrected chi connectivity index (χ3v) is 4.13. The Balaban J connectivity index is 1.83. The molecule has 0 spiro atoms. The van der Waals surface area contributed by atoms with Crippen molar-refractivity contribution in [3.63, 3.8) is 0 Å². The van der Waals surface area contributed by atoms with Crippen LogP contribution in [0.1, 0.15) is 35.7 Å². The lowest BCUT2D eigenvalue weighted by Gasteiger charge is -2.34. The summed E-state index contributed by atoms with van der Waals surface area (Å²) in [5.41, 5.74) is 3.54. The fourth-order valence-corrected chi connectivity index (χ4v) is 3.26. The molecular formula is C13H17Cl2N3. The lowest BCUT2D eigenvalue weighted by molar-refractivity contribution is 0.295. The second kappa shape index (κ2) is 5.35. The van der Waals surface area contributed by atoms with E-state index in [1.165, 1.54) is 42.4 Å². The Kier molecular flexibility index (Phi) is 3.78. The van der Waals surface area contributed by atoms with Gasteiger partial charge in [0.2, 0.25) is 0 Å². The molecule has 1 aliphatic carbocycles. The zero-order chi connectivity index (χ0) is 12.5. The molecule has 1 aromatic rings. The minimum atomic E-state index is -0.310. The van der Waals surface area contributed by atoms with Crippen molar-refractivity contribution in [1.29, 1.82) is 0 Å². The summed E-state index contributed by atoms with van der Waals surface area (Å²) in [5, 5.41) is 9.41. The van der Waals surface area contributed by atoms with E-state index in [0.29, 0.717) is 0 Å². The molecule has 1 aromatic carbocycles. The zero-order valence-corrected chi connectivity index (χ0v) is 11.6. The SMILES string of the molecule is ClC1NC(Cl)NC(c2ccc3c(c2)CCCC3)N1. The van der Waals surface area contributed by atoms with Gasteiger partial charge < -0.3 is 0 Å². The van der Waals surface area contributed by atoms with Gasteiger partial charge in [-0.3, -0.25) is 16.0 Å². The van der Waals surface area contributed by atoms with Crippen LogP contribution in [0.2, 0.25) is 0 Å². The van der Waals surface area contributed by atoms with Crippen LogP contribution in [0.5, 0.6) is 0 Å². The van der Waals surface area contributed by atoms with E-state index in [1.54, 1.807) is 0 Å². The van der Waals surface area contributed by atoms with Gasteiger partial charge in [0.25, 0.3) is 0 Å². The van der Waals surface area contributed by atoms with Crippen molar-refractivity contribution in [1.82, 2.24) is 16.0 Å². The van der Waals surface area contributed by atoms with Crippen molar-refractivity contribution in [2.24, 2.45) is 0 Å². The molecule has 1 heterocycles. The quantitative estimate of drug-likeness (QED) is 0.548. The smallest absolute Gasteiger partial charge is 0.138 e. The van der Waals surface area contributed by atoms with E-state index in [0.717, 1.165) is 0 Å². The van der Waals surface area contributed by atoms with Crippen LogP contribution in [-0.4, -0.2) is 11.2 Å². The number of alkyl halides is 2. The van der Waals surface area contributed by atoms with Gasteiger partial charge in [-0.2, -0.15) is 0 Å². The minimum Gasteiger partial charge on any atom is -0.270 e. The number of benzene rings is 1. The third-order valence-electron chi connectivity index (χ3n) is 3.62. The van der Waals surface area contributed by atoms with Gasteiger partial charge in [0.05, 0.1) is 6.17 Å². The Morgan fingerprint density at radius 3 is 2.28 bits per heavy atom. The van der Waals surface area contributed by atoms with Crippen molar-refractivity contribution >= 4 is 23.2 Å². The van der Waals surface area contributed by atoms with Crippen molar-refractivity contribution < 1.29 is 0 Å². The number of nitrogens with one attached hydrogen (secondary N) is 3. The van der Waals surface area contributed by atoms with Crippen molar-refractivity contribution in [3.8, 4) is 0 Å². The molecule has 2 unspecified atom stereocenters. The average molecular weight is 286 g/mol. The first-order chi connectivity index (χ1) is 8.72. The van der Waals surface area contributed by atoms with Crippen LogP contribution < -0.4 is 16.0 Å². The van der Waals surface area contributed by atoms with Crippen LogP contribution >= 0.6 is 23.2 Å². The molecule has 2 aliphatic rings. The second-order valence-electron chi connectivity index (χ2n) is 4.89. The third kappa shape index (κ3) is 2.65. The Morgan fingerprint density at radius 1 is 0.889 bits per heavy atom. The molecule has 3 N–H and O–H groups in total. The van der Waals surface area contributed by atoms with Crippen molar-refractivity contribution in [2.75, 3.05) is 0 Å². The topological polar surface area (TPSA) is 36.1 Å². The van der Waals surface area contributed by atoms with Crippen LogP contribution in [0.4, 0.5) is 0 Å². The highest BCUT2D eigenvalue weighted by molar-refractivity contribution is 6.23. The standard InChI is InChI=1S/C13H17Cl2N3/c14-12-16-11(17-13(15)18-12)10-6-5-8-3-1-2-4-9(8)7-10/h5-7,11-13,16-18H,1-4H2. The first-order valence-electron chi connectivity index (χ1n) is 6.40. The predicted molar refractivity (Wildman–Crippen MR) is 74.5 cm³/mol. The highest BCUT2D eigenvalue weighted by atomic mass is 35.5. The molecule has 0 bridgehead atoms. The average Bonchev–Trinajstić information content (AvgIpc) is 2.37. The van der Waals surface area contributed by atoms with Gasteiger partial charge in [-0.05, 0) is 42.4 Å². The molecule has 3 nitrogen and oxygen atoms in total. The van der Waals surface area contributed by atoms with Crippen LogP contribution in [0.15, 0.2) is 18.2 Å². The molecule has 1 saturated heterocycles. The van der Waals surface area contributed by atoms with Crippen LogP contribution in [0.25, 0.3) is 0 Å². The fraction of sp³-hybridized carbons (Fsp3) is 0.538. The highest BCUT2D eigenvalue weighted by Crippen LogP contribution is 2.25. The first-order valence-corrected chi connectivity index (χ1v) is 7.28. The van der Waals surface area contributed by atoms with E-state index in [9.17, 15) is 0 Å². The molecule has 18 heavy (non-hydrogen) atoms. The van der Waals surface area contributed by atoms with E-state index < -0.39 is 0 Å². The summed E-state index contributed by atoms with van der Waals surface area (Å²) in [6, 6.07) is 6.67. The van der Waals surface area contributed by atoms with Crippen LogP contribution in [0.3, 0.4) is 0 Å². The fourth-order valence-electron chi connectivity index (χ4n) is 2.69. The number of fused-ring (bicyclic) bond motifs is 1. The van der Waals surface area contributed by atoms with E-state index in [-0.39, 0.29) is 17.4 Å². The largest absolute Gasteiger partial charge is 0.270 e. The maximum Gasteiger partial charge on any atom is 0.138 e. The molecule has 3 rings (SSSR count). The van der Waals surface area contributed by atoms with Gasteiger partial charge in [-0.1, -0.05) is 41.4 Å². The Hall–Kier alpha value is -0.320. The molecule has 1 fully saturated rings. The second-order valence-corrected chi connectivity index (χ2v) is 5.77. The number of aryl methyl sites for hydroxylation is 2. The summed E-state index contributed by atoms with van der Waals surface area (Å²) >= 11 is 12.1. The molecule has 5 heteroatoms. The molecule has 98 valence electrons. The van der Waals surface area contributed by atoms with Gasteiger partial charge in [-0.15, -0.1) is 0 Å². The van der Waals surface area contributed by atoms with E-state index >= 15 is 0 Å². The number of rotatable bonds is 1. The van der Waals surface area contributed by atoms with E-state index in [1.807, 2.05) is 0 Å². The maximum absolute atomic E-state index is 6.05. The Bertz CT molecular complexity index is 428. The molecule has 0 amide bonds. The lowest BCUT2D eigenvalue weighted by atomic mass is 9.90. The van der Waals surface area contributed by atoms with Gasteiger partial charge in [0, 0.05) is 0 Å². The van der Waals surface area contributed by atoms with Crippen molar-refractivity contribution in [2.45, 2.75) is 43.1 Å². The molecule has 1 aliphatic heterocycles. The molecule has 2 atom stereocenters. The maximum atomic E-state index is 6.05. The first kappa shape index (κ1) is 12.7. The van der Waals surface area contributed by atoms with Gasteiger partial charge in [-0.25, -0.2) is 0 Å². The van der Waals surface area contributed by atoms with Gasteiger partial charge >= 0.3 is 0 Å². The summed E-state index contributed by atoms with van der Waals surface area (Å²) in [5.74, 6) is 0. The van der Waals surface area contributed by atoms with Crippen molar-refractivity contribution in [3.05, 3.63) is 34.9 Å². The van der Waals surface area contributed by atoms with Gasteiger partial charge in [0.15, 0.2) is 0 Å². The normalized spacial score (nSPS) is 32.0. The van der Waals surface area contributed by atoms with E-state index in [2.05, 4.69) is 34.1 Å². The van der Waals surface area contributed by atoms with Crippen LogP contribution in [0, 0.1) is 0 Å². The Labute approximate surface area is 117 Å². The molecule has 0 radical (unpaired) electrons. The van der Waals surface area contributed by atoms with Gasteiger partial charge in [0.1, 0.15) is 11.2 Å². The summed E-state index contributed by atoms with van der Waals surface area (Å²) in [6.45, 7) is 0. The van der Waals surface area contributed by atoms with Crippen LogP contribution in [-0.2, 0) is 12.8 Å². The summed E-state index contributed by atoms with van der Waals surface area (Å²) in [4.78, 5) is 0.